The fraction of sp³-hybridized carbons (Fsp3) is 0.308. The Hall–Kier alpha value is -3.12. The summed E-state index contributed by atoms with van der Waals surface area (Å²) in [5, 5.41) is 0.595. The predicted octanol–water partition coefficient (Wildman–Crippen LogP) is 6.99. The summed E-state index contributed by atoms with van der Waals surface area (Å²) >= 11 is 0. The first-order valence-corrected chi connectivity index (χ1v) is 9.07. The first-order valence-electron chi connectivity index (χ1n) is 14.6. The Labute approximate surface area is 187 Å². The second-order valence-electron chi connectivity index (χ2n) is 7.18. The average Bonchev–Trinajstić information content (AvgIpc) is 3.19. The maximum Gasteiger partial charge on any atom is 0.229 e. The number of rotatable bonds is 2. The van der Waals surface area contributed by atoms with Crippen molar-refractivity contribution < 1.29 is 24.1 Å². The number of aryl methyl sites for hydroxylation is 2. The number of pyridine rings is 1. The largest absolute Gasteiger partial charge is 0.466 e. The zero-order valence-corrected chi connectivity index (χ0v) is 16.6. The van der Waals surface area contributed by atoms with Crippen LogP contribution in [0.2, 0.25) is 0 Å². The van der Waals surface area contributed by atoms with Gasteiger partial charge in [0.15, 0.2) is 5.69 Å². The van der Waals surface area contributed by atoms with Crippen LogP contribution >= 0.6 is 0 Å². The molecular weight excluding hydrogens is 356 g/mol. The van der Waals surface area contributed by atoms with Gasteiger partial charge in [0.05, 0.1) is 13.5 Å². The highest BCUT2D eigenvalue weighted by Gasteiger charge is 2.25. The molecule has 2 aromatic carbocycles. The van der Waals surface area contributed by atoms with Gasteiger partial charge in [0.25, 0.3) is 0 Å². The molecule has 0 aliphatic carbocycles. The molecule has 0 fully saturated rings. The van der Waals surface area contributed by atoms with E-state index in [1.807, 2.05) is 0 Å². The van der Waals surface area contributed by atoms with Gasteiger partial charge in [0, 0.05) is 43.0 Å². The summed E-state index contributed by atoms with van der Waals surface area (Å²) in [5.74, 6) is -2.46. The van der Waals surface area contributed by atoms with Gasteiger partial charge in [0.1, 0.15) is 18.2 Å². The number of aromatic nitrogens is 1. The number of hydrogen-bond donors (Lipinski definition) is 0. The molecule has 0 saturated carbocycles. The third-order valence-electron chi connectivity index (χ3n) is 5.40. The van der Waals surface area contributed by atoms with Gasteiger partial charge in [-0.2, -0.15) is 4.57 Å². The summed E-state index contributed by atoms with van der Waals surface area (Å²) in [6.07, 6.45) is 0. The van der Waals surface area contributed by atoms with Gasteiger partial charge in [-0.3, -0.25) is 0 Å². The van der Waals surface area contributed by atoms with Crippen LogP contribution in [0.15, 0.2) is 34.7 Å². The van der Waals surface area contributed by atoms with E-state index in [0.717, 1.165) is 6.92 Å². The van der Waals surface area contributed by atoms with Gasteiger partial charge in [-0.05, 0) is 43.2 Å². The van der Waals surface area contributed by atoms with Crippen LogP contribution in [0.25, 0.3) is 38.0 Å². The van der Waals surface area contributed by atoms with E-state index >= 15 is 0 Å². The quantitative estimate of drug-likeness (QED) is 0.265. The fourth-order valence-corrected chi connectivity index (χ4v) is 3.70. The van der Waals surface area contributed by atoms with Crippen molar-refractivity contribution in [2.24, 2.45) is 7.05 Å². The monoisotopic (exact) mass is 394 g/mol. The third kappa shape index (κ3) is 2.75. The minimum atomic E-state index is -2.97. The zero-order valence-electron chi connectivity index (χ0n) is 27.6. The molecule has 1 atom stereocenters. The first kappa shape index (κ1) is 10.1. The Morgan fingerprint density at radius 3 is 2.66 bits per heavy atom. The van der Waals surface area contributed by atoms with Crippen LogP contribution in [0.4, 0.5) is 5.69 Å². The van der Waals surface area contributed by atoms with Crippen molar-refractivity contribution in [1.82, 2.24) is 0 Å². The molecule has 146 valence electrons. The van der Waals surface area contributed by atoms with Gasteiger partial charge in [-0.1, -0.05) is 38.0 Å². The molecular formula is C26H27N2O+. The maximum absolute atomic E-state index is 9.18. The van der Waals surface area contributed by atoms with E-state index in [0.29, 0.717) is 16.5 Å². The first-order chi connectivity index (χ1) is 18.2. The van der Waals surface area contributed by atoms with Crippen LogP contribution in [0.1, 0.15) is 62.7 Å². The average molecular weight is 395 g/mol. The van der Waals surface area contributed by atoms with Gasteiger partial charge >= 0.3 is 0 Å². The molecule has 0 spiro atoms. The van der Waals surface area contributed by atoms with E-state index in [4.69, 9.17) is 24.7 Å². The Bertz CT molecular complexity index is 1730. The van der Waals surface area contributed by atoms with Crippen LogP contribution in [0.3, 0.4) is 0 Å². The number of furan rings is 1. The number of fused-ring (bicyclic) bond motifs is 3. The molecule has 3 heteroatoms. The minimum absolute atomic E-state index is 0.0188. The number of benzene rings is 2. The molecule has 2 aromatic heterocycles. The smallest absolute Gasteiger partial charge is 0.229 e. The van der Waals surface area contributed by atoms with Gasteiger partial charge in [-0.25, -0.2) is 4.85 Å². The fourth-order valence-electron chi connectivity index (χ4n) is 3.70. The van der Waals surface area contributed by atoms with E-state index in [2.05, 4.69) is 4.85 Å². The molecule has 4 aromatic rings. The van der Waals surface area contributed by atoms with Gasteiger partial charge < -0.3 is 4.42 Å². The van der Waals surface area contributed by atoms with E-state index in [1.165, 1.54) is 30.7 Å². The van der Waals surface area contributed by atoms with Crippen LogP contribution in [-0.2, 0) is 7.05 Å². The molecule has 0 radical (unpaired) electrons. The van der Waals surface area contributed by atoms with E-state index < -0.39 is 38.1 Å². The Morgan fingerprint density at radius 2 is 1.97 bits per heavy atom. The summed E-state index contributed by atoms with van der Waals surface area (Å²) in [6.45, 7) is 3.55. The molecule has 2 heterocycles. The number of hydrogen-bond acceptors (Lipinski definition) is 1. The van der Waals surface area contributed by atoms with Crippen molar-refractivity contribution in [2.75, 3.05) is 0 Å². The molecule has 29 heavy (non-hydrogen) atoms. The lowest BCUT2D eigenvalue weighted by Crippen LogP contribution is -2.36. The van der Waals surface area contributed by atoms with Crippen LogP contribution in [0.5, 0.6) is 0 Å². The second-order valence-corrected chi connectivity index (χ2v) is 7.18. The lowest BCUT2D eigenvalue weighted by Gasteiger charge is -2.14. The van der Waals surface area contributed by atoms with E-state index in [9.17, 15) is 1.37 Å². The molecule has 1 unspecified atom stereocenters. The van der Waals surface area contributed by atoms with E-state index in [1.54, 1.807) is 19.1 Å². The van der Waals surface area contributed by atoms with Crippen molar-refractivity contribution in [2.45, 2.75) is 47.2 Å². The molecule has 3 nitrogen and oxygen atoms in total. The summed E-state index contributed by atoms with van der Waals surface area (Å²) in [5.41, 5.74) is 0.578. The molecule has 0 bridgehead atoms. The van der Waals surface area contributed by atoms with Crippen molar-refractivity contribution >= 4 is 27.6 Å². The van der Waals surface area contributed by atoms with Crippen molar-refractivity contribution in [1.29, 1.82) is 0 Å². The van der Waals surface area contributed by atoms with Gasteiger partial charge in [-0.15, -0.1) is 0 Å². The van der Waals surface area contributed by atoms with Crippen LogP contribution in [-0.4, -0.2) is 0 Å². The molecule has 0 saturated heterocycles. The molecule has 0 amide bonds. The molecule has 4 rings (SSSR count). The Kier molecular flexibility index (Phi) is 2.34. The molecule has 0 aliphatic heterocycles. The van der Waals surface area contributed by atoms with Crippen LogP contribution in [0, 0.1) is 34.1 Å². The topological polar surface area (TPSA) is 21.4 Å². The SMILES string of the molecule is [2H]c1c(C([2H])(C)C([2H])([2H])[2H])c(C([2H])([2H])[2H])c(C)[n+](C)c1-c1c(C)ccc2c1oc1c([N+]#[C-])ccc(C([2H])([2H])[2H])c12. The Balaban J connectivity index is 2.29. The zero-order chi connectivity index (χ0) is 30.3. The van der Waals surface area contributed by atoms with Crippen molar-refractivity contribution in [3.05, 3.63) is 69.7 Å². The minimum Gasteiger partial charge on any atom is -0.466 e. The van der Waals surface area contributed by atoms with Crippen molar-refractivity contribution in [3.8, 4) is 11.3 Å². The van der Waals surface area contributed by atoms with Crippen molar-refractivity contribution in [3.63, 3.8) is 0 Å². The summed E-state index contributed by atoms with van der Waals surface area (Å²) in [6, 6.07) is 5.62. The summed E-state index contributed by atoms with van der Waals surface area (Å²) < 4.78 is 98.3. The Morgan fingerprint density at radius 1 is 1.17 bits per heavy atom. The standard InChI is InChI=1S/C26H27N2O/c1-14(2)20-13-22(28(8)18(6)17(20)5)24-16(4)9-11-19-23-15(3)10-12-21(27-7)26(23)29-25(19)24/h9-14H,1-6,8H3/q+1/i1D3,3D3,5D3,13D,14D. The normalized spacial score (nSPS) is 20.4. The van der Waals surface area contributed by atoms with E-state index in [-0.39, 0.29) is 44.8 Å². The van der Waals surface area contributed by atoms with Gasteiger partial charge in [0.2, 0.25) is 11.4 Å². The highest BCUT2D eigenvalue weighted by molar-refractivity contribution is 6.14. The highest BCUT2D eigenvalue weighted by Crippen LogP contribution is 2.42. The molecule has 0 aliphatic rings. The summed E-state index contributed by atoms with van der Waals surface area (Å²) in [4.78, 5) is 3.48. The third-order valence-corrected chi connectivity index (χ3v) is 5.40. The second kappa shape index (κ2) is 6.74. The number of nitrogens with zero attached hydrogens (tertiary/aromatic N) is 2. The lowest BCUT2D eigenvalue weighted by atomic mass is 9.92. The summed E-state index contributed by atoms with van der Waals surface area (Å²) in [7, 11) is 1.54. The van der Waals surface area contributed by atoms with Crippen LogP contribution < -0.4 is 4.57 Å². The maximum atomic E-state index is 9.18. The lowest BCUT2D eigenvalue weighted by molar-refractivity contribution is -0.667. The molecule has 0 N–H and O–H groups in total. The predicted molar refractivity (Wildman–Crippen MR) is 120 cm³/mol. The highest BCUT2D eigenvalue weighted by atomic mass is 16.3.